The summed E-state index contributed by atoms with van der Waals surface area (Å²) in [6.07, 6.45) is 2.18. The third kappa shape index (κ3) is 3.70. The molecular formula is C14H22ClNO. The molecule has 1 aromatic carbocycles. The van der Waals surface area contributed by atoms with Gasteiger partial charge in [0, 0.05) is 19.3 Å². The molecule has 1 fully saturated rings. The zero-order valence-corrected chi connectivity index (χ0v) is 11.4. The lowest BCUT2D eigenvalue weighted by Crippen LogP contribution is -2.27. The lowest BCUT2D eigenvalue weighted by molar-refractivity contribution is 0.0584. The fourth-order valence-corrected chi connectivity index (χ4v) is 2.55. The van der Waals surface area contributed by atoms with Crippen LogP contribution < -0.4 is 5.73 Å². The molecule has 0 bridgehead atoms. The van der Waals surface area contributed by atoms with Crippen LogP contribution in [0.3, 0.4) is 0 Å². The second kappa shape index (κ2) is 6.39. The number of benzene rings is 1. The first-order valence-corrected chi connectivity index (χ1v) is 6.08. The van der Waals surface area contributed by atoms with Gasteiger partial charge in [-0.1, -0.05) is 29.3 Å². The van der Waals surface area contributed by atoms with Gasteiger partial charge in [-0.2, -0.15) is 0 Å². The van der Waals surface area contributed by atoms with Crippen LogP contribution in [-0.2, 0) is 4.74 Å². The van der Waals surface area contributed by atoms with Gasteiger partial charge in [0.1, 0.15) is 0 Å². The monoisotopic (exact) mass is 255 g/mol. The Hall–Kier alpha value is -0.570. The summed E-state index contributed by atoms with van der Waals surface area (Å²) in [5, 5.41) is 0. The molecule has 2 N–H and O–H groups in total. The summed E-state index contributed by atoms with van der Waals surface area (Å²) >= 11 is 0. The number of nitrogens with two attached hydrogens (primary N) is 1. The maximum atomic E-state index is 6.35. The summed E-state index contributed by atoms with van der Waals surface area (Å²) in [6, 6.07) is 6.79. The van der Waals surface area contributed by atoms with Crippen LogP contribution in [0.4, 0.5) is 0 Å². The van der Waals surface area contributed by atoms with Crippen molar-refractivity contribution in [3.63, 3.8) is 0 Å². The highest BCUT2D eigenvalue weighted by Gasteiger charge is 2.22. The standard InChI is InChI=1S/C14H21NO.ClH/c1-10-7-11(2)9-13(8-10)14(15)12-3-5-16-6-4-12;/h7-9,12,14H,3-6,15H2,1-2H3;1H/t14-;/m1./s1. The third-order valence-corrected chi connectivity index (χ3v) is 3.40. The van der Waals surface area contributed by atoms with E-state index in [0.717, 1.165) is 26.1 Å². The molecule has 0 unspecified atom stereocenters. The van der Waals surface area contributed by atoms with Gasteiger partial charge in [-0.25, -0.2) is 0 Å². The van der Waals surface area contributed by atoms with Gasteiger partial charge in [0.05, 0.1) is 0 Å². The minimum Gasteiger partial charge on any atom is -0.381 e. The SMILES string of the molecule is Cc1cc(C)cc([C@H](N)C2CCOCC2)c1.Cl. The maximum Gasteiger partial charge on any atom is 0.0469 e. The van der Waals surface area contributed by atoms with E-state index in [1.165, 1.54) is 16.7 Å². The van der Waals surface area contributed by atoms with Crippen molar-refractivity contribution in [2.75, 3.05) is 13.2 Å². The first kappa shape index (κ1) is 14.5. The van der Waals surface area contributed by atoms with Crippen molar-refractivity contribution < 1.29 is 4.74 Å². The molecule has 2 nitrogen and oxygen atoms in total. The van der Waals surface area contributed by atoms with Gasteiger partial charge < -0.3 is 10.5 Å². The number of halogens is 1. The van der Waals surface area contributed by atoms with E-state index < -0.39 is 0 Å². The van der Waals surface area contributed by atoms with E-state index in [0.29, 0.717) is 5.92 Å². The first-order chi connectivity index (χ1) is 7.66. The van der Waals surface area contributed by atoms with Gasteiger partial charge in [-0.3, -0.25) is 0 Å². The lowest BCUT2D eigenvalue weighted by Gasteiger charge is -2.28. The predicted molar refractivity (Wildman–Crippen MR) is 73.6 cm³/mol. The number of rotatable bonds is 2. The summed E-state index contributed by atoms with van der Waals surface area (Å²) in [5.41, 5.74) is 10.2. The minimum absolute atomic E-state index is 0. The third-order valence-electron chi connectivity index (χ3n) is 3.40. The highest BCUT2D eigenvalue weighted by Crippen LogP contribution is 2.28. The highest BCUT2D eigenvalue weighted by molar-refractivity contribution is 5.85. The molecule has 1 atom stereocenters. The molecule has 0 aromatic heterocycles. The second-order valence-electron chi connectivity index (χ2n) is 4.90. The zero-order chi connectivity index (χ0) is 11.5. The van der Waals surface area contributed by atoms with E-state index in [1.807, 2.05) is 0 Å². The first-order valence-electron chi connectivity index (χ1n) is 6.08. The molecule has 17 heavy (non-hydrogen) atoms. The Bertz CT molecular complexity index is 341. The average Bonchev–Trinajstić information content (AvgIpc) is 2.28. The molecule has 0 amide bonds. The van der Waals surface area contributed by atoms with Gasteiger partial charge in [0.2, 0.25) is 0 Å². The summed E-state index contributed by atoms with van der Waals surface area (Å²) in [6.45, 7) is 5.99. The zero-order valence-electron chi connectivity index (χ0n) is 10.6. The smallest absolute Gasteiger partial charge is 0.0469 e. The van der Waals surface area contributed by atoms with Gasteiger partial charge in [-0.15, -0.1) is 12.4 Å². The largest absolute Gasteiger partial charge is 0.381 e. The van der Waals surface area contributed by atoms with E-state index in [1.54, 1.807) is 0 Å². The van der Waals surface area contributed by atoms with E-state index in [4.69, 9.17) is 10.5 Å². The van der Waals surface area contributed by atoms with Crippen LogP contribution in [0.25, 0.3) is 0 Å². The number of ether oxygens (including phenoxy) is 1. The summed E-state index contributed by atoms with van der Waals surface area (Å²) in [5.74, 6) is 0.579. The van der Waals surface area contributed by atoms with Gasteiger partial charge in [0.15, 0.2) is 0 Å². The predicted octanol–water partition coefficient (Wildman–Crippen LogP) is 3.15. The average molecular weight is 256 g/mol. The normalized spacial score (nSPS) is 18.5. The van der Waals surface area contributed by atoms with Crippen LogP contribution in [0.1, 0.15) is 35.6 Å². The van der Waals surface area contributed by atoms with Crippen molar-refractivity contribution in [1.29, 1.82) is 0 Å². The molecule has 0 spiro atoms. The van der Waals surface area contributed by atoms with Gasteiger partial charge in [-0.05, 0) is 38.2 Å². The van der Waals surface area contributed by atoms with Crippen molar-refractivity contribution in [2.24, 2.45) is 11.7 Å². The molecule has 1 aliphatic heterocycles. The molecule has 2 rings (SSSR count). The molecule has 1 saturated heterocycles. The Balaban J connectivity index is 0.00000144. The van der Waals surface area contributed by atoms with E-state index in [-0.39, 0.29) is 18.4 Å². The molecule has 0 aliphatic carbocycles. The summed E-state index contributed by atoms with van der Waals surface area (Å²) in [7, 11) is 0. The highest BCUT2D eigenvalue weighted by atomic mass is 35.5. The topological polar surface area (TPSA) is 35.2 Å². The van der Waals surface area contributed by atoms with Crippen molar-refractivity contribution in [3.8, 4) is 0 Å². The number of hydrogen-bond acceptors (Lipinski definition) is 2. The summed E-state index contributed by atoms with van der Waals surface area (Å²) in [4.78, 5) is 0. The Kier molecular flexibility index (Phi) is 5.44. The molecule has 1 heterocycles. The maximum absolute atomic E-state index is 6.35. The second-order valence-corrected chi connectivity index (χ2v) is 4.90. The van der Waals surface area contributed by atoms with Crippen LogP contribution >= 0.6 is 12.4 Å². The fraction of sp³-hybridized carbons (Fsp3) is 0.571. The van der Waals surface area contributed by atoms with Crippen molar-refractivity contribution in [3.05, 3.63) is 34.9 Å². The van der Waals surface area contributed by atoms with Crippen LogP contribution in [0, 0.1) is 19.8 Å². The van der Waals surface area contributed by atoms with Crippen molar-refractivity contribution >= 4 is 12.4 Å². The lowest BCUT2D eigenvalue weighted by atomic mass is 9.87. The molecule has 1 aliphatic rings. The number of aryl methyl sites for hydroxylation is 2. The quantitative estimate of drug-likeness (QED) is 0.881. The van der Waals surface area contributed by atoms with E-state index in [9.17, 15) is 0 Å². The van der Waals surface area contributed by atoms with Crippen molar-refractivity contribution in [2.45, 2.75) is 32.7 Å². The molecular weight excluding hydrogens is 234 g/mol. The van der Waals surface area contributed by atoms with E-state index >= 15 is 0 Å². The Labute approximate surface area is 110 Å². The van der Waals surface area contributed by atoms with Crippen LogP contribution in [0.15, 0.2) is 18.2 Å². The van der Waals surface area contributed by atoms with Crippen molar-refractivity contribution in [1.82, 2.24) is 0 Å². The molecule has 96 valence electrons. The van der Waals surface area contributed by atoms with Gasteiger partial charge >= 0.3 is 0 Å². The minimum atomic E-state index is 0. The Morgan fingerprint density at radius 1 is 1.12 bits per heavy atom. The molecule has 1 aromatic rings. The molecule has 3 heteroatoms. The summed E-state index contributed by atoms with van der Waals surface area (Å²) < 4.78 is 5.38. The van der Waals surface area contributed by atoms with Crippen LogP contribution in [-0.4, -0.2) is 13.2 Å². The fourth-order valence-electron chi connectivity index (χ4n) is 2.55. The van der Waals surface area contributed by atoms with Gasteiger partial charge in [0.25, 0.3) is 0 Å². The molecule has 0 saturated carbocycles. The Morgan fingerprint density at radius 3 is 2.18 bits per heavy atom. The van der Waals surface area contributed by atoms with E-state index in [2.05, 4.69) is 32.0 Å². The molecule has 0 radical (unpaired) electrons. The number of hydrogen-bond donors (Lipinski definition) is 1. The van der Waals surface area contributed by atoms with Crippen LogP contribution in [0.2, 0.25) is 0 Å². The van der Waals surface area contributed by atoms with Crippen LogP contribution in [0.5, 0.6) is 0 Å². The Morgan fingerprint density at radius 2 is 1.65 bits per heavy atom.